The average molecular weight is 495 g/mol. The maximum absolute atomic E-state index is 13.1. The van der Waals surface area contributed by atoms with E-state index >= 15 is 0 Å². The Morgan fingerprint density at radius 2 is 1.06 bits per heavy atom. The third kappa shape index (κ3) is 14.3. The topological polar surface area (TPSA) is 67.4 Å². The third-order valence-corrected chi connectivity index (χ3v) is 7.20. The largest absolute Gasteiger partial charge is 0.464 e. The number of nitrogens with one attached hydrogen (secondary N) is 2. The highest BCUT2D eigenvalue weighted by Gasteiger charge is 2.53. The lowest BCUT2D eigenvalue weighted by Crippen LogP contribution is -2.70. The van der Waals surface area contributed by atoms with Gasteiger partial charge in [0.25, 0.3) is 0 Å². The Morgan fingerprint density at radius 1 is 0.686 bits per heavy atom. The molecule has 1 rings (SSSR count). The zero-order valence-corrected chi connectivity index (χ0v) is 24.2. The first-order valence-electron chi connectivity index (χ1n) is 14.8. The Labute approximate surface area is 217 Å². The van der Waals surface area contributed by atoms with Gasteiger partial charge < -0.3 is 15.4 Å². The minimum absolute atomic E-state index is 0.183. The van der Waals surface area contributed by atoms with Gasteiger partial charge in [-0.05, 0) is 47.0 Å². The van der Waals surface area contributed by atoms with E-state index in [1.54, 1.807) is 0 Å². The van der Waals surface area contributed by atoms with E-state index in [2.05, 4.69) is 45.3 Å². The van der Waals surface area contributed by atoms with Crippen LogP contribution in [-0.2, 0) is 14.3 Å². The molecule has 1 aliphatic heterocycles. The van der Waals surface area contributed by atoms with Gasteiger partial charge in [-0.25, -0.2) is 4.79 Å². The van der Waals surface area contributed by atoms with E-state index in [1.807, 2.05) is 0 Å². The van der Waals surface area contributed by atoms with Crippen LogP contribution in [0.2, 0.25) is 0 Å². The minimum atomic E-state index is -0.959. The fourth-order valence-corrected chi connectivity index (χ4v) is 6.15. The van der Waals surface area contributed by atoms with Crippen molar-refractivity contribution in [2.45, 2.75) is 174 Å². The molecule has 0 aromatic rings. The van der Waals surface area contributed by atoms with Crippen LogP contribution in [0, 0.1) is 0 Å². The van der Waals surface area contributed by atoms with Gasteiger partial charge >= 0.3 is 5.97 Å². The van der Waals surface area contributed by atoms with Crippen LogP contribution in [0.5, 0.6) is 0 Å². The van der Waals surface area contributed by atoms with Gasteiger partial charge in [-0.1, -0.05) is 103 Å². The van der Waals surface area contributed by atoms with E-state index in [4.69, 9.17) is 4.74 Å². The summed E-state index contributed by atoms with van der Waals surface area (Å²) in [7, 11) is 0. The summed E-state index contributed by atoms with van der Waals surface area (Å²) in [6.45, 7) is 12.5. The number of unbranched alkanes of at least 4 members (excludes halogenated alkanes) is 15. The van der Waals surface area contributed by atoms with Gasteiger partial charge in [0, 0.05) is 18.0 Å². The second kappa shape index (κ2) is 16.6. The number of carbonyl (C=O) groups excluding carboxylic acids is 2. The highest BCUT2D eigenvalue weighted by molar-refractivity contribution is 5.87. The summed E-state index contributed by atoms with van der Waals surface area (Å²) in [5.41, 5.74) is -1.49. The molecule has 35 heavy (non-hydrogen) atoms. The Kier molecular flexibility index (Phi) is 15.1. The summed E-state index contributed by atoms with van der Waals surface area (Å²) >= 11 is 0. The molecule has 5 heteroatoms. The number of rotatable bonds is 19. The van der Waals surface area contributed by atoms with Gasteiger partial charge in [-0.3, -0.25) is 4.79 Å². The van der Waals surface area contributed by atoms with Crippen molar-refractivity contribution in [1.29, 1.82) is 0 Å². The number of esters is 1. The minimum Gasteiger partial charge on any atom is -0.464 e. The molecule has 0 aromatic heterocycles. The Hall–Kier alpha value is -1.10. The predicted molar refractivity (Wildman–Crippen MR) is 148 cm³/mol. The molecular formula is C30H58N2O3. The van der Waals surface area contributed by atoms with Crippen LogP contribution in [-0.4, -0.2) is 35.1 Å². The second-order valence-electron chi connectivity index (χ2n) is 12.4. The molecule has 0 aromatic carbocycles. The maximum atomic E-state index is 13.1. The van der Waals surface area contributed by atoms with Gasteiger partial charge in [-0.2, -0.15) is 0 Å². The Bertz CT molecular complexity index is 584. The third-order valence-electron chi connectivity index (χ3n) is 7.20. The first-order valence-corrected chi connectivity index (χ1v) is 14.8. The summed E-state index contributed by atoms with van der Waals surface area (Å²) in [6, 6.07) is 0. The van der Waals surface area contributed by atoms with Crippen molar-refractivity contribution in [3.63, 3.8) is 0 Å². The summed E-state index contributed by atoms with van der Waals surface area (Å²) in [6.07, 6.45) is 22.2. The SMILES string of the molecule is CCCCCCCCCCCCCCCCCCOC(=O)C1(NC(C)=O)CC(C)(C)NC(C)(C)C1. The van der Waals surface area contributed by atoms with Crippen LogP contribution >= 0.6 is 0 Å². The van der Waals surface area contributed by atoms with Crippen LogP contribution in [0.15, 0.2) is 0 Å². The summed E-state index contributed by atoms with van der Waals surface area (Å²) < 4.78 is 5.71. The quantitative estimate of drug-likeness (QED) is 0.143. The summed E-state index contributed by atoms with van der Waals surface area (Å²) in [5, 5.41) is 6.54. The first-order chi connectivity index (χ1) is 16.5. The molecule has 0 unspecified atom stereocenters. The van der Waals surface area contributed by atoms with Crippen LogP contribution in [0.3, 0.4) is 0 Å². The number of carbonyl (C=O) groups is 2. The molecule has 0 bridgehead atoms. The van der Waals surface area contributed by atoms with Crippen molar-refractivity contribution < 1.29 is 14.3 Å². The molecule has 0 atom stereocenters. The fraction of sp³-hybridized carbons (Fsp3) is 0.933. The number of ether oxygens (including phenoxy) is 1. The van der Waals surface area contributed by atoms with Crippen molar-refractivity contribution >= 4 is 11.9 Å². The van der Waals surface area contributed by atoms with E-state index in [-0.39, 0.29) is 23.0 Å². The highest BCUT2D eigenvalue weighted by atomic mass is 16.5. The van der Waals surface area contributed by atoms with Gasteiger partial charge in [0.15, 0.2) is 0 Å². The van der Waals surface area contributed by atoms with E-state index in [9.17, 15) is 9.59 Å². The molecule has 206 valence electrons. The first kappa shape index (κ1) is 31.9. The Morgan fingerprint density at radius 3 is 1.43 bits per heavy atom. The van der Waals surface area contributed by atoms with Crippen molar-refractivity contribution in [2.24, 2.45) is 0 Å². The number of hydrogen-bond donors (Lipinski definition) is 2. The van der Waals surface area contributed by atoms with Gasteiger partial charge in [0.2, 0.25) is 5.91 Å². The zero-order valence-electron chi connectivity index (χ0n) is 24.2. The molecule has 2 N–H and O–H groups in total. The monoisotopic (exact) mass is 494 g/mol. The summed E-state index contributed by atoms with van der Waals surface area (Å²) in [4.78, 5) is 25.1. The van der Waals surface area contributed by atoms with Crippen molar-refractivity contribution in [1.82, 2.24) is 10.6 Å². The molecule has 1 aliphatic rings. The molecule has 1 saturated heterocycles. The summed E-state index contributed by atoms with van der Waals surface area (Å²) in [5.74, 6) is -0.464. The lowest BCUT2D eigenvalue weighted by Gasteiger charge is -2.51. The van der Waals surface area contributed by atoms with E-state index in [0.29, 0.717) is 19.4 Å². The molecule has 1 fully saturated rings. The van der Waals surface area contributed by atoms with E-state index in [1.165, 1.54) is 96.8 Å². The molecule has 0 spiro atoms. The van der Waals surface area contributed by atoms with Gasteiger partial charge in [0.05, 0.1) is 6.61 Å². The number of amides is 1. The molecular weight excluding hydrogens is 436 g/mol. The lowest BCUT2D eigenvalue weighted by atomic mass is 9.70. The highest BCUT2D eigenvalue weighted by Crippen LogP contribution is 2.37. The van der Waals surface area contributed by atoms with E-state index < -0.39 is 5.54 Å². The molecule has 1 heterocycles. The number of hydrogen-bond acceptors (Lipinski definition) is 4. The molecule has 0 aliphatic carbocycles. The van der Waals surface area contributed by atoms with Gasteiger partial charge in [-0.15, -0.1) is 0 Å². The fourth-order valence-electron chi connectivity index (χ4n) is 6.15. The van der Waals surface area contributed by atoms with Crippen LogP contribution in [0.25, 0.3) is 0 Å². The molecule has 5 nitrogen and oxygen atoms in total. The normalized spacial score (nSPS) is 18.2. The average Bonchev–Trinajstić information content (AvgIpc) is 2.73. The molecule has 0 saturated carbocycles. The standard InChI is InChI=1S/C30H58N2O3/c1-7-8-9-10-11-12-13-14-15-16-17-18-19-20-21-22-23-35-27(34)30(31-26(2)33)24-28(3,4)32-29(5,6)25-30/h32H,7-25H2,1-6H3,(H,31,33). The molecule has 0 radical (unpaired) electrons. The zero-order chi connectivity index (χ0) is 26.2. The number of piperidine rings is 1. The smallest absolute Gasteiger partial charge is 0.331 e. The maximum Gasteiger partial charge on any atom is 0.331 e. The lowest BCUT2D eigenvalue weighted by molar-refractivity contribution is -0.158. The Balaban J connectivity index is 2.13. The van der Waals surface area contributed by atoms with Crippen molar-refractivity contribution in [3.8, 4) is 0 Å². The van der Waals surface area contributed by atoms with Crippen LogP contribution in [0.1, 0.15) is 157 Å². The second-order valence-corrected chi connectivity index (χ2v) is 12.4. The van der Waals surface area contributed by atoms with Gasteiger partial charge in [0.1, 0.15) is 5.54 Å². The van der Waals surface area contributed by atoms with Crippen molar-refractivity contribution in [2.75, 3.05) is 6.61 Å². The van der Waals surface area contributed by atoms with Crippen molar-refractivity contribution in [3.05, 3.63) is 0 Å². The predicted octanol–water partition coefficient (Wildman–Crippen LogP) is 7.61. The molecule has 1 amide bonds. The van der Waals surface area contributed by atoms with Crippen LogP contribution in [0.4, 0.5) is 0 Å². The van der Waals surface area contributed by atoms with Crippen LogP contribution < -0.4 is 10.6 Å². The van der Waals surface area contributed by atoms with E-state index in [0.717, 1.165) is 12.8 Å².